The van der Waals surface area contributed by atoms with Gasteiger partial charge in [-0.2, -0.15) is 0 Å². The standard InChI is InChI=1S/C26H46O6Si2/c1-26(2,3)34(7,8)32-20-24(31-21-29-17-18-33(4,5)6)16-12-15-23(27)19-30-25(28)22-13-10-9-11-14-22/h9-14,16,23-24,27H,15,17-21H2,1-8H3/b16-12-/t23-,24-/m0/s1. The molecule has 1 rings (SSSR count). The average Bonchev–Trinajstić information content (AvgIpc) is 2.74. The van der Waals surface area contributed by atoms with Gasteiger partial charge in [-0.3, -0.25) is 0 Å². The van der Waals surface area contributed by atoms with Crippen molar-refractivity contribution < 1.29 is 28.5 Å². The molecule has 2 atom stereocenters. The molecule has 0 heterocycles. The lowest BCUT2D eigenvalue weighted by Gasteiger charge is -2.37. The molecule has 0 unspecified atom stereocenters. The van der Waals surface area contributed by atoms with Crippen molar-refractivity contribution in [3.63, 3.8) is 0 Å². The molecular weight excluding hydrogens is 464 g/mol. The van der Waals surface area contributed by atoms with E-state index < -0.39 is 28.5 Å². The fourth-order valence-electron chi connectivity index (χ4n) is 2.52. The monoisotopic (exact) mass is 510 g/mol. The van der Waals surface area contributed by atoms with Crippen LogP contribution >= 0.6 is 0 Å². The predicted molar refractivity (Wildman–Crippen MR) is 143 cm³/mol. The van der Waals surface area contributed by atoms with E-state index in [-0.39, 0.29) is 24.5 Å². The fraction of sp³-hybridized carbons (Fsp3) is 0.654. The van der Waals surface area contributed by atoms with E-state index in [0.29, 0.717) is 25.2 Å². The van der Waals surface area contributed by atoms with Crippen molar-refractivity contribution >= 4 is 22.4 Å². The van der Waals surface area contributed by atoms with Gasteiger partial charge in [0, 0.05) is 14.7 Å². The van der Waals surface area contributed by atoms with E-state index in [1.54, 1.807) is 24.3 Å². The first-order chi connectivity index (χ1) is 15.7. The Hall–Kier alpha value is -1.30. The SMILES string of the molecule is CC(C)(C)[Si](C)(C)OC[C@H](/C=C\C[C@H](O)COC(=O)c1ccccc1)OCOCC[Si](C)(C)C. The van der Waals surface area contributed by atoms with E-state index in [0.717, 1.165) is 6.04 Å². The van der Waals surface area contributed by atoms with Crippen molar-refractivity contribution in [1.82, 2.24) is 0 Å². The molecule has 0 fully saturated rings. The molecule has 0 aliphatic carbocycles. The summed E-state index contributed by atoms with van der Waals surface area (Å²) in [6, 6.07) is 9.84. The number of carbonyl (C=O) groups excluding carboxylic acids is 1. The molecule has 1 aromatic carbocycles. The zero-order valence-electron chi connectivity index (χ0n) is 22.4. The highest BCUT2D eigenvalue weighted by Crippen LogP contribution is 2.36. The van der Waals surface area contributed by atoms with Gasteiger partial charge in [-0.05, 0) is 42.7 Å². The number of benzene rings is 1. The summed E-state index contributed by atoms with van der Waals surface area (Å²) in [5.41, 5.74) is 0.468. The van der Waals surface area contributed by atoms with Crippen LogP contribution in [0.1, 0.15) is 37.6 Å². The lowest BCUT2D eigenvalue weighted by molar-refractivity contribution is -0.0823. The van der Waals surface area contributed by atoms with Crippen molar-refractivity contribution in [3.8, 4) is 0 Å². The van der Waals surface area contributed by atoms with Gasteiger partial charge in [0.1, 0.15) is 19.5 Å². The third-order valence-electron chi connectivity index (χ3n) is 5.95. The highest BCUT2D eigenvalue weighted by atomic mass is 28.4. The molecule has 0 bridgehead atoms. The quantitative estimate of drug-likeness (QED) is 0.105. The number of aliphatic hydroxyl groups is 1. The second-order valence-corrected chi connectivity index (χ2v) is 21.8. The molecule has 0 saturated heterocycles. The molecule has 0 saturated carbocycles. The molecule has 0 radical (unpaired) electrons. The maximum absolute atomic E-state index is 12.0. The number of carbonyl (C=O) groups is 1. The van der Waals surface area contributed by atoms with E-state index in [4.69, 9.17) is 18.6 Å². The fourth-order valence-corrected chi connectivity index (χ4v) is 4.29. The summed E-state index contributed by atoms with van der Waals surface area (Å²) in [7, 11) is -3.07. The highest BCUT2D eigenvalue weighted by molar-refractivity contribution is 6.76. The Labute approximate surface area is 208 Å². The molecule has 0 aliphatic rings. The van der Waals surface area contributed by atoms with Gasteiger partial charge in [-0.15, -0.1) is 0 Å². The average molecular weight is 511 g/mol. The zero-order chi connectivity index (χ0) is 25.8. The second kappa shape index (κ2) is 14.3. The van der Waals surface area contributed by atoms with Crippen LogP contribution in [0, 0.1) is 0 Å². The summed E-state index contributed by atoms with van der Waals surface area (Å²) in [5.74, 6) is -0.442. The van der Waals surface area contributed by atoms with Crippen LogP contribution in [0.4, 0.5) is 0 Å². The number of aliphatic hydroxyl groups excluding tert-OH is 1. The van der Waals surface area contributed by atoms with Crippen LogP contribution in [-0.4, -0.2) is 66.3 Å². The first-order valence-corrected chi connectivity index (χ1v) is 18.7. The third kappa shape index (κ3) is 13.0. The van der Waals surface area contributed by atoms with Gasteiger partial charge in [-0.1, -0.05) is 70.8 Å². The summed E-state index contributed by atoms with van der Waals surface area (Å²) >= 11 is 0. The second-order valence-electron chi connectivity index (χ2n) is 11.4. The van der Waals surface area contributed by atoms with Crippen LogP contribution in [-0.2, 0) is 18.6 Å². The number of esters is 1. The molecule has 6 nitrogen and oxygen atoms in total. The van der Waals surface area contributed by atoms with Crippen molar-refractivity contribution in [2.24, 2.45) is 0 Å². The third-order valence-corrected chi connectivity index (χ3v) is 12.2. The summed E-state index contributed by atoms with van der Waals surface area (Å²) < 4.78 is 23.2. The largest absolute Gasteiger partial charge is 0.459 e. The highest BCUT2D eigenvalue weighted by Gasteiger charge is 2.37. The topological polar surface area (TPSA) is 74.2 Å². The van der Waals surface area contributed by atoms with Crippen LogP contribution in [0.3, 0.4) is 0 Å². The van der Waals surface area contributed by atoms with Gasteiger partial charge >= 0.3 is 5.97 Å². The minimum absolute atomic E-state index is 0.0656. The number of hydrogen-bond donors (Lipinski definition) is 1. The molecule has 194 valence electrons. The smallest absolute Gasteiger partial charge is 0.338 e. The van der Waals surface area contributed by atoms with E-state index in [2.05, 4.69) is 53.5 Å². The van der Waals surface area contributed by atoms with E-state index >= 15 is 0 Å². The lowest BCUT2D eigenvalue weighted by Crippen LogP contribution is -2.42. The molecular formula is C26H46O6Si2. The molecule has 0 aromatic heterocycles. The summed E-state index contributed by atoms with van der Waals surface area (Å²) in [6.45, 7) is 19.3. The number of rotatable bonds is 15. The number of hydrogen-bond acceptors (Lipinski definition) is 6. The molecule has 1 N–H and O–H groups in total. The van der Waals surface area contributed by atoms with E-state index in [1.807, 2.05) is 18.2 Å². The molecule has 0 amide bonds. The Morgan fingerprint density at radius 3 is 2.29 bits per heavy atom. The first kappa shape index (κ1) is 30.7. The van der Waals surface area contributed by atoms with Gasteiger partial charge in [0.15, 0.2) is 8.32 Å². The van der Waals surface area contributed by atoms with Crippen LogP contribution in [0.15, 0.2) is 42.5 Å². The van der Waals surface area contributed by atoms with Gasteiger partial charge in [0.25, 0.3) is 0 Å². The van der Waals surface area contributed by atoms with E-state index in [9.17, 15) is 9.90 Å². The normalized spacial score (nSPS) is 14.9. The van der Waals surface area contributed by atoms with Gasteiger partial charge in [0.2, 0.25) is 0 Å². The van der Waals surface area contributed by atoms with Crippen molar-refractivity contribution in [3.05, 3.63) is 48.0 Å². The van der Waals surface area contributed by atoms with Gasteiger partial charge in [0.05, 0.1) is 18.3 Å². The Bertz CT molecular complexity index is 738. The van der Waals surface area contributed by atoms with Crippen molar-refractivity contribution in [1.29, 1.82) is 0 Å². The molecule has 34 heavy (non-hydrogen) atoms. The summed E-state index contributed by atoms with van der Waals surface area (Å²) in [4.78, 5) is 12.0. The Morgan fingerprint density at radius 1 is 1.06 bits per heavy atom. The maximum atomic E-state index is 12.0. The van der Waals surface area contributed by atoms with Crippen molar-refractivity contribution in [2.75, 3.05) is 26.6 Å². The van der Waals surface area contributed by atoms with E-state index in [1.165, 1.54) is 0 Å². The summed E-state index contributed by atoms with van der Waals surface area (Å²) in [6.07, 6.45) is 3.03. The molecule has 0 spiro atoms. The first-order valence-electron chi connectivity index (χ1n) is 12.1. The lowest BCUT2D eigenvalue weighted by atomic mass is 10.2. The molecule has 8 heteroatoms. The Balaban J connectivity index is 2.56. The van der Waals surface area contributed by atoms with Crippen LogP contribution in [0.5, 0.6) is 0 Å². The van der Waals surface area contributed by atoms with Gasteiger partial charge < -0.3 is 23.7 Å². The summed E-state index contributed by atoms with van der Waals surface area (Å²) in [5, 5.41) is 10.3. The minimum atomic E-state index is -1.92. The zero-order valence-corrected chi connectivity index (χ0v) is 24.4. The Morgan fingerprint density at radius 2 is 1.71 bits per heavy atom. The van der Waals surface area contributed by atoms with Crippen LogP contribution < -0.4 is 0 Å². The minimum Gasteiger partial charge on any atom is -0.459 e. The number of ether oxygens (including phenoxy) is 3. The Kier molecular flexibility index (Phi) is 12.9. The molecule has 0 aliphatic heterocycles. The predicted octanol–water partition coefficient (Wildman–Crippen LogP) is 5.87. The van der Waals surface area contributed by atoms with Crippen LogP contribution in [0.2, 0.25) is 43.8 Å². The van der Waals surface area contributed by atoms with Crippen LogP contribution in [0.25, 0.3) is 0 Å². The van der Waals surface area contributed by atoms with Crippen molar-refractivity contribution in [2.45, 2.75) is 83.2 Å². The van der Waals surface area contributed by atoms with Gasteiger partial charge in [-0.25, -0.2) is 4.79 Å². The maximum Gasteiger partial charge on any atom is 0.338 e. The molecule has 1 aromatic rings.